The molecule has 0 unspecified atom stereocenters. The van der Waals surface area contributed by atoms with E-state index in [4.69, 9.17) is 4.84 Å². The van der Waals surface area contributed by atoms with Gasteiger partial charge in [0.1, 0.15) is 6.61 Å². The second-order valence-electron chi connectivity index (χ2n) is 5.37. The highest BCUT2D eigenvalue weighted by atomic mass is 32.2. The van der Waals surface area contributed by atoms with Gasteiger partial charge in [-0.3, -0.25) is 4.72 Å². The van der Waals surface area contributed by atoms with Crippen molar-refractivity contribution in [2.24, 2.45) is 11.1 Å². The summed E-state index contributed by atoms with van der Waals surface area (Å²) in [5, 5.41) is 3.87. The molecule has 0 aliphatic heterocycles. The molecule has 5 nitrogen and oxygen atoms in total. The number of nitrogens with zero attached hydrogens (tertiary/aromatic N) is 1. The minimum Gasteiger partial charge on any atom is -0.395 e. The van der Waals surface area contributed by atoms with E-state index in [0.717, 1.165) is 12.8 Å². The molecule has 23 heavy (non-hydrogen) atoms. The fourth-order valence-corrected chi connectivity index (χ4v) is 2.62. The molecule has 0 atom stereocenters. The summed E-state index contributed by atoms with van der Waals surface area (Å²) in [5.74, 6) is 0.463. The first-order chi connectivity index (χ1) is 10.7. The van der Waals surface area contributed by atoms with E-state index in [1.165, 1.54) is 24.6 Å². The molecule has 1 aliphatic rings. The topological polar surface area (TPSA) is 67.8 Å². The molecule has 0 radical (unpaired) electrons. The molecule has 0 saturated heterocycles. The van der Waals surface area contributed by atoms with Crippen LogP contribution in [0.5, 0.6) is 0 Å². The molecule has 0 amide bonds. The molecule has 128 valence electrons. The second-order valence-corrected chi connectivity index (χ2v) is 7.04. The van der Waals surface area contributed by atoms with E-state index in [0.29, 0.717) is 18.2 Å². The third kappa shape index (κ3) is 4.37. The first kappa shape index (κ1) is 17.6. The summed E-state index contributed by atoms with van der Waals surface area (Å²) in [6.07, 6.45) is 3.33. The Bertz CT molecular complexity index is 683. The van der Waals surface area contributed by atoms with E-state index < -0.39 is 15.5 Å². The largest absolute Gasteiger partial charge is 0.516 e. The normalized spacial score (nSPS) is 16.8. The second kappa shape index (κ2) is 6.77. The van der Waals surface area contributed by atoms with E-state index >= 15 is 0 Å². The molecule has 1 aromatic rings. The average molecular weight is 350 g/mol. The summed E-state index contributed by atoms with van der Waals surface area (Å²) in [6, 6.07) is 5.72. The standard InChI is InChI=1S/C14H17F3N2O3S/c1-10(18-22-9-11-5-4-6-11)12-7-2-3-8-13(12)19-23(20,21)14(15,16)17/h2-3,7-8,11,19H,4-6,9H2,1H3/b18-10+. The number of rotatable bonds is 6. The molecule has 1 saturated carbocycles. The maximum absolute atomic E-state index is 12.5. The molecule has 0 heterocycles. The van der Waals surface area contributed by atoms with Crippen molar-refractivity contribution >= 4 is 21.4 Å². The van der Waals surface area contributed by atoms with Crippen LogP contribution < -0.4 is 4.72 Å². The van der Waals surface area contributed by atoms with Gasteiger partial charge in [0.25, 0.3) is 0 Å². The Labute approximate surface area is 132 Å². The SMILES string of the molecule is C/C(=N\OCC1CCC1)c1ccccc1NS(=O)(=O)C(F)(F)F. The number of anilines is 1. The van der Waals surface area contributed by atoms with Crippen molar-refractivity contribution < 1.29 is 26.4 Å². The van der Waals surface area contributed by atoms with E-state index in [2.05, 4.69) is 5.16 Å². The van der Waals surface area contributed by atoms with Gasteiger partial charge in [-0.05, 0) is 31.7 Å². The summed E-state index contributed by atoms with van der Waals surface area (Å²) in [5.41, 5.74) is -5.05. The number of sulfonamides is 1. The van der Waals surface area contributed by atoms with Gasteiger partial charge in [0.15, 0.2) is 0 Å². The van der Waals surface area contributed by atoms with Crippen LogP contribution in [0.1, 0.15) is 31.7 Å². The molecule has 1 fully saturated rings. The Morgan fingerprint density at radius 3 is 2.57 bits per heavy atom. The number of benzene rings is 1. The van der Waals surface area contributed by atoms with Crippen molar-refractivity contribution in [2.75, 3.05) is 11.3 Å². The molecule has 9 heteroatoms. The van der Waals surface area contributed by atoms with Gasteiger partial charge in [0.2, 0.25) is 0 Å². The first-order valence-electron chi connectivity index (χ1n) is 7.06. The summed E-state index contributed by atoms with van der Waals surface area (Å²) < 4.78 is 61.5. The number of hydrogen-bond donors (Lipinski definition) is 1. The maximum Gasteiger partial charge on any atom is 0.516 e. The monoisotopic (exact) mass is 350 g/mol. The minimum absolute atomic E-state index is 0.196. The van der Waals surface area contributed by atoms with Crippen LogP contribution in [0.2, 0.25) is 0 Å². The third-order valence-corrected chi connectivity index (χ3v) is 4.70. The number of oxime groups is 1. The number of halogens is 3. The van der Waals surface area contributed by atoms with Crippen LogP contribution in [0.4, 0.5) is 18.9 Å². The molecule has 1 N–H and O–H groups in total. The van der Waals surface area contributed by atoms with Crippen LogP contribution in [-0.2, 0) is 14.9 Å². The lowest BCUT2D eigenvalue weighted by molar-refractivity contribution is -0.0429. The average Bonchev–Trinajstić information content (AvgIpc) is 2.40. The van der Waals surface area contributed by atoms with E-state index in [1.807, 2.05) is 0 Å². The van der Waals surface area contributed by atoms with Gasteiger partial charge in [-0.25, -0.2) is 0 Å². The van der Waals surface area contributed by atoms with E-state index in [-0.39, 0.29) is 11.3 Å². The predicted octanol–water partition coefficient (Wildman–Crippen LogP) is 3.49. The van der Waals surface area contributed by atoms with E-state index in [9.17, 15) is 21.6 Å². The summed E-state index contributed by atoms with van der Waals surface area (Å²) in [7, 11) is -5.48. The molecule has 0 spiro atoms. The summed E-state index contributed by atoms with van der Waals surface area (Å²) in [4.78, 5) is 5.19. The highest BCUT2D eigenvalue weighted by Crippen LogP contribution is 2.28. The lowest BCUT2D eigenvalue weighted by atomic mass is 9.86. The zero-order valence-electron chi connectivity index (χ0n) is 12.4. The molecule has 0 aromatic heterocycles. The van der Waals surface area contributed by atoms with Gasteiger partial charge in [0, 0.05) is 5.56 Å². The Hall–Kier alpha value is -1.77. The predicted molar refractivity (Wildman–Crippen MR) is 80.5 cm³/mol. The lowest BCUT2D eigenvalue weighted by Crippen LogP contribution is -2.30. The molecule has 1 aromatic carbocycles. The smallest absolute Gasteiger partial charge is 0.395 e. The maximum atomic E-state index is 12.5. The van der Waals surface area contributed by atoms with Gasteiger partial charge in [-0.15, -0.1) is 0 Å². The van der Waals surface area contributed by atoms with Gasteiger partial charge < -0.3 is 4.84 Å². The number of hydrogen-bond acceptors (Lipinski definition) is 4. The molecule has 2 rings (SSSR count). The van der Waals surface area contributed by atoms with Crippen molar-refractivity contribution in [3.05, 3.63) is 29.8 Å². The highest BCUT2D eigenvalue weighted by Gasteiger charge is 2.46. The Kier molecular flexibility index (Phi) is 5.18. The van der Waals surface area contributed by atoms with Crippen molar-refractivity contribution in [1.82, 2.24) is 0 Å². The van der Waals surface area contributed by atoms with Gasteiger partial charge >= 0.3 is 15.5 Å². The van der Waals surface area contributed by atoms with Crippen LogP contribution in [0, 0.1) is 5.92 Å². The quantitative estimate of drug-likeness (QED) is 0.631. The van der Waals surface area contributed by atoms with Gasteiger partial charge in [-0.1, -0.05) is 29.8 Å². The number of alkyl halides is 3. The summed E-state index contributed by atoms with van der Waals surface area (Å²) >= 11 is 0. The van der Waals surface area contributed by atoms with Crippen LogP contribution in [0.25, 0.3) is 0 Å². The zero-order chi connectivity index (χ0) is 17.1. The van der Waals surface area contributed by atoms with Gasteiger partial charge in [-0.2, -0.15) is 21.6 Å². The first-order valence-corrected chi connectivity index (χ1v) is 8.54. The van der Waals surface area contributed by atoms with Gasteiger partial charge in [0.05, 0.1) is 11.4 Å². The molecular weight excluding hydrogens is 333 g/mol. The van der Waals surface area contributed by atoms with Crippen LogP contribution in [0.15, 0.2) is 29.4 Å². The summed E-state index contributed by atoms with van der Waals surface area (Å²) in [6.45, 7) is 2.00. The highest BCUT2D eigenvalue weighted by molar-refractivity contribution is 7.93. The van der Waals surface area contributed by atoms with Crippen LogP contribution in [-0.4, -0.2) is 26.2 Å². The molecule has 0 bridgehead atoms. The minimum atomic E-state index is -5.48. The molecule has 1 aliphatic carbocycles. The van der Waals surface area contributed by atoms with Crippen LogP contribution in [0.3, 0.4) is 0 Å². The van der Waals surface area contributed by atoms with Crippen molar-refractivity contribution in [1.29, 1.82) is 0 Å². The van der Waals surface area contributed by atoms with E-state index in [1.54, 1.807) is 17.7 Å². The molecular formula is C14H17F3N2O3S. The lowest BCUT2D eigenvalue weighted by Gasteiger charge is -2.23. The number of nitrogens with one attached hydrogen (secondary N) is 1. The zero-order valence-corrected chi connectivity index (χ0v) is 13.2. The van der Waals surface area contributed by atoms with Crippen molar-refractivity contribution in [3.8, 4) is 0 Å². The Morgan fingerprint density at radius 2 is 2.00 bits per heavy atom. The Morgan fingerprint density at radius 1 is 1.35 bits per heavy atom. The van der Waals surface area contributed by atoms with Crippen LogP contribution >= 0.6 is 0 Å². The van der Waals surface area contributed by atoms with Crippen molar-refractivity contribution in [2.45, 2.75) is 31.7 Å². The number of para-hydroxylation sites is 1. The third-order valence-electron chi connectivity index (χ3n) is 3.60. The fraction of sp³-hybridized carbons (Fsp3) is 0.500. The fourth-order valence-electron chi connectivity index (χ4n) is 2.04. The Balaban J connectivity index is 2.14. The van der Waals surface area contributed by atoms with Crippen molar-refractivity contribution in [3.63, 3.8) is 0 Å².